The first kappa shape index (κ1) is 16.3. The second-order valence-electron chi connectivity index (χ2n) is 7.66. The van der Waals surface area contributed by atoms with Crippen LogP contribution in [0, 0.1) is 17.8 Å². The lowest BCUT2D eigenvalue weighted by molar-refractivity contribution is 0.103. The molecule has 0 aromatic rings. The molecule has 4 unspecified atom stereocenters. The number of rotatable bonds is 3. The molecule has 1 saturated carbocycles. The number of nitrogens with one attached hydrogen (secondary N) is 1. The standard InChI is InChI=1S/C17H35N3/c1-13-9-14(2)11-15(10-13)17(18-3)16-12-19(4)7-6-8-20(16)5/h13-18H,6-12H2,1-5H3. The molecule has 1 heterocycles. The molecule has 1 aliphatic carbocycles. The van der Waals surface area contributed by atoms with Gasteiger partial charge in [-0.05, 0) is 77.7 Å². The fourth-order valence-electron chi connectivity index (χ4n) is 4.74. The summed E-state index contributed by atoms with van der Waals surface area (Å²) in [5.41, 5.74) is 0. The van der Waals surface area contributed by atoms with Gasteiger partial charge in [-0.1, -0.05) is 13.8 Å². The average Bonchev–Trinajstić information content (AvgIpc) is 2.52. The van der Waals surface area contributed by atoms with E-state index in [-0.39, 0.29) is 0 Å². The van der Waals surface area contributed by atoms with Crippen molar-refractivity contribution < 1.29 is 0 Å². The lowest BCUT2D eigenvalue weighted by Crippen LogP contribution is -2.55. The predicted molar refractivity (Wildman–Crippen MR) is 87.0 cm³/mol. The fourth-order valence-corrected chi connectivity index (χ4v) is 4.74. The van der Waals surface area contributed by atoms with Crippen LogP contribution < -0.4 is 5.32 Å². The summed E-state index contributed by atoms with van der Waals surface area (Å²) in [5, 5.41) is 3.69. The molecular weight excluding hydrogens is 246 g/mol. The number of hydrogen-bond acceptors (Lipinski definition) is 3. The van der Waals surface area contributed by atoms with E-state index in [0.29, 0.717) is 12.1 Å². The molecule has 1 aliphatic heterocycles. The van der Waals surface area contributed by atoms with Gasteiger partial charge in [0.15, 0.2) is 0 Å². The molecule has 4 atom stereocenters. The van der Waals surface area contributed by atoms with Crippen LogP contribution in [0.2, 0.25) is 0 Å². The monoisotopic (exact) mass is 281 g/mol. The molecule has 118 valence electrons. The summed E-state index contributed by atoms with van der Waals surface area (Å²) in [6, 6.07) is 1.31. The maximum atomic E-state index is 3.69. The Kier molecular flexibility index (Phi) is 5.88. The van der Waals surface area contributed by atoms with E-state index in [1.54, 1.807) is 0 Å². The third-order valence-electron chi connectivity index (χ3n) is 5.59. The normalized spacial score (nSPS) is 39.5. The largest absolute Gasteiger partial charge is 0.315 e. The highest BCUT2D eigenvalue weighted by Crippen LogP contribution is 2.36. The summed E-state index contributed by atoms with van der Waals surface area (Å²) < 4.78 is 0. The van der Waals surface area contributed by atoms with Crippen molar-refractivity contribution in [3.8, 4) is 0 Å². The van der Waals surface area contributed by atoms with Crippen molar-refractivity contribution in [3.05, 3.63) is 0 Å². The molecule has 0 radical (unpaired) electrons. The Balaban J connectivity index is 2.08. The van der Waals surface area contributed by atoms with Gasteiger partial charge in [0, 0.05) is 18.6 Å². The SMILES string of the molecule is CNC(C1CC(C)CC(C)C1)C1CN(C)CCCN1C. The summed E-state index contributed by atoms with van der Waals surface area (Å²) in [7, 11) is 6.78. The van der Waals surface area contributed by atoms with Crippen LogP contribution in [0.5, 0.6) is 0 Å². The number of likely N-dealkylation sites (N-methyl/N-ethyl adjacent to an activating group) is 3. The van der Waals surface area contributed by atoms with Gasteiger partial charge in [0.2, 0.25) is 0 Å². The van der Waals surface area contributed by atoms with Crippen LogP contribution >= 0.6 is 0 Å². The first-order chi connectivity index (χ1) is 9.51. The van der Waals surface area contributed by atoms with Crippen molar-refractivity contribution in [2.45, 2.75) is 51.6 Å². The topological polar surface area (TPSA) is 18.5 Å². The molecule has 2 aliphatic rings. The predicted octanol–water partition coefficient (Wildman–Crippen LogP) is 2.28. The van der Waals surface area contributed by atoms with Crippen LogP contribution in [-0.4, -0.2) is 62.7 Å². The van der Waals surface area contributed by atoms with Crippen molar-refractivity contribution >= 4 is 0 Å². The minimum atomic E-state index is 0.644. The van der Waals surface area contributed by atoms with Crippen LogP contribution in [0.25, 0.3) is 0 Å². The molecular formula is C17H35N3. The molecule has 0 aromatic carbocycles. The molecule has 0 spiro atoms. The maximum absolute atomic E-state index is 3.69. The van der Waals surface area contributed by atoms with E-state index in [0.717, 1.165) is 17.8 Å². The molecule has 0 amide bonds. The van der Waals surface area contributed by atoms with Gasteiger partial charge < -0.3 is 15.1 Å². The summed E-state index contributed by atoms with van der Waals surface area (Å²) in [4.78, 5) is 5.13. The number of nitrogens with zero attached hydrogens (tertiary/aromatic N) is 2. The second-order valence-corrected chi connectivity index (χ2v) is 7.66. The van der Waals surface area contributed by atoms with Gasteiger partial charge in [-0.2, -0.15) is 0 Å². The van der Waals surface area contributed by atoms with Crippen molar-refractivity contribution in [1.82, 2.24) is 15.1 Å². The zero-order valence-electron chi connectivity index (χ0n) is 14.2. The van der Waals surface area contributed by atoms with Gasteiger partial charge in [-0.3, -0.25) is 0 Å². The average molecular weight is 281 g/mol. The van der Waals surface area contributed by atoms with Gasteiger partial charge in [0.25, 0.3) is 0 Å². The summed E-state index contributed by atoms with van der Waals surface area (Å²) in [6.45, 7) is 8.58. The van der Waals surface area contributed by atoms with Crippen molar-refractivity contribution in [3.63, 3.8) is 0 Å². The van der Waals surface area contributed by atoms with Crippen molar-refractivity contribution in [2.24, 2.45) is 17.8 Å². The highest BCUT2D eigenvalue weighted by molar-refractivity contribution is 4.93. The Hall–Kier alpha value is -0.120. The molecule has 3 nitrogen and oxygen atoms in total. The molecule has 0 aromatic heterocycles. The molecule has 1 saturated heterocycles. The van der Waals surface area contributed by atoms with Crippen LogP contribution in [-0.2, 0) is 0 Å². The van der Waals surface area contributed by atoms with Gasteiger partial charge in [0.1, 0.15) is 0 Å². The minimum absolute atomic E-state index is 0.644. The van der Waals surface area contributed by atoms with Crippen LogP contribution in [0.15, 0.2) is 0 Å². The summed E-state index contributed by atoms with van der Waals surface area (Å²) in [6.07, 6.45) is 5.54. The first-order valence-electron chi connectivity index (χ1n) is 8.57. The third-order valence-corrected chi connectivity index (χ3v) is 5.59. The molecule has 2 fully saturated rings. The van der Waals surface area contributed by atoms with E-state index < -0.39 is 0 Å². The zero-order chi connectivity index (χ0) is 14.7. The lowest BCUT2D eigenvalue weighted by Gasteiger charge is -2.43. The van der Waals surface area contributed by atoms with E-state index in [1.165, 1.54) is 45.3 Å². The molecule has 0 bridgehead atoms. The van der Waals surface area contributed by atoms with E-state index in [9.17, 15) is 0 Å². The third kappa shape index (κ3) is 3.96. The van der Waals surface area contributed by atoms with E-state index in [2.05, 4.69) is 50.1 Å². The van der Waals surface area contributed by atoms with Gasteiger partial charge in [-0.25, -0.2) is 0 Å². The van der Waals surface area contributed by atoms with E-state index >= 15 is 0 Å². The van der Waals surface area contributed by atoms with Crippen LogP contribution in [0.4, 0.5) is 0 Å². The van der Waals surface area contributed by atoms with Gasteiger partial charge >= 0.3 is 0 Å². The second kappa shape index (κ2) is 7.24. The summed E-state index contributed by atoms with van der Waals surface area (Å²) >= 11 is 0. The van der Waals surface area contributed by atoms with Gasteiger partial charge in [0.05, 0.1) is 0 Å². The highest BCUT2D eigenvalue weighted by Gasteiger charge is 2.36. The van der Waals surface area contributed by atoms with E-state index in [1.807, 2.05) is 0 Å². The molecule has 2 rings (SSSR count). The molecule has 3 heteroatoms. The summed E-state index contributed by atoms with van der Waals surface area (Å²) in [5.74, 6) is 2.64. The van der Waals surface area contributed by atoms with Crippen molar-refractivity contribution in [2.75, 3.05) is 40.8 Å². The Labute approximate surface area is 126 Å². The Morgan fingerprint density at radius 2 is 1.65 bits per heavy atom. The van der Waals surface area contributed by atoms with Crippen LogP contribution in [0.3, 0.4) is 0 Å². The first-order valence-corrected chi connectivity index (χ1v) is 8.57. The molecule has 20 heavy (non-hydrogen) atoms. The quantitative estimate of drug-likeness (QED) is 0.856. The minimum Gasteiger partial charge on any atom is -0.315 e. The van der Waals surface area contributed by atoms with Crippen LogP contribution in [0.1, 0.15) is 39.5 Å². The highest BCUT2D eigenvalue weighted by atomic mass is 15.2. The fraction of sp³-hybridized carbons (Fsp3) is 1.00. The number of hydrogen-bond donors (Lipinski definition) is 1. The lowest BCUT2D eigenvalue weighted by atomic mass is 9.72. The smallest absolute Gasteiger partial charge is 0.0375 e. The Morgan fingerprint density at radius 3 is 2.25 bits per heavy atom. The molecule has 1 N–H and O–H groups in total. The van der Waals surface area contributed by atoms with E-state index in [4.69, 9.17) is 0 Å². The Bertz CT molecular complexity index is 284. The van der Waals surface area contributed by atoms with Crippen molar-refractivity contribution in [1.29, 1.82) is 0 Å². The zero-order valence-corrected chi connectivity index (χ0v) is 14.2. The Morgan fingerprint density at radius 1 is 1.00 bits per heavy atom. The van der Waals surface area contributed by atoms with Gasteiger partial charge in [-0.15, -0.1) is 0 Å². The maximum Gasteiger partial charge on any atom is 0.0375 e.